The van der Waals surface area contributed by atoms with Crippen LogP contribution in [0.15, 0.2) is 36.5 Å². The lowest BCUT2D eigenvalue weighted by Crippen LogP contribution is -2.60. The van der Waals surface area contributed by atoms with E-state index in [1.54, 1.807) is 6.20 Å². The Balaban J connectivity index is 1.98. The molecule has 100 valence electrons. The van der Waals surface area contributed by atoms with Crippen molar-refractivity contribution in [2.24, 2.45) is 17.2 Å². The zero-order valence-electron chi connectivity index (χ0n) is 10.7. The highest BCUT2D eigenvalue weighted by atomic mass is 15.3. The van der Waals surface area contributed by atoms with Gasteiger partial charge in [0.15, 0.2) is 0 Å². The Morgan fingerprint density at radius 2 is 1.79 bits per heavy atom. The predicted octanol–water partition coefficient (Wildman–Crippen LogP) is 0.732. The van der Waals surface area contributed by atoms with E-state index in [4.69, 9.17) is 17.2 Å². The molecular weight excluding hydrogens is 238 g/mol. The highest BCUT2D eigenvalue weighted by molar-refractivity contribution is 5.82. The van der Waals surface area contributed by atoms with Crippen molar-refractivity contribution in [1.29, 1.82) is 0 Å². The minimum atomic E-state index is -0.139. The molecule has 2 aromatic rings. The van der Waals surface area contributed by atoms with Crippen LogP contribution in [0.3, 0.4) is 0 Å². The molecule has 5 heteroatoms. The molecule has 2 atom stereocenters. The molecule has 0 amide bonds. The van der Waals surface area contributed by atoms with Gasteiger partial charge in [-0.05, 0) is 31.0 Å². The number of rotatable bonds is 1. The van der Waals surface area contributed by atoms with E-state index in [2.05, 4.69) is 4.98 Å². The summed E-state index contributed by atoms with van der Waals surface area (Å²) in [6, 6.07) is 10.2. The second-order valence-corrected chi connectivity index (χ2v) is 5.15. The quantitative estimate of drug-likeness (QED) is 0.700. The van der Waals surface area contributed by atoms with Crippen LogP contribution in [-0.2, 0) is 0 Å². The summed E-state index contributed by atoms with van der Waals surface area (Å²) in [6.07, 6.45) is 3.03. The van der Waals surface area contributed by atoms with Gasteiger partial charge in [0.1, 0.15) is 0 Å². The summed E-state index contributed by atoms with van der Waals surface area (Å²) in [5.74, 6) is 0. The Bertz CT molecular complexity index is 573. The highest BCUT2D eigenvalue weighted by Gasteiger charge is 2.30. The van der Waals surface area contributed by atoms with Gasteiger partial charge in [0.25, 0.3) is 0 Å². The zero-order valence-corrected chi connectivity index (χ0v) is 10.7. The van der Waals surface area contributed by atoms with E-state index in [0.29, 0.717) is 0 Å². The number of aromatic nitrogens is 1. The topological polar surface area (TPSA) is 94.2 Å². The van der Waals surface area contributed by atoms with Crippen molar-refractivity contribution in [2.75, 3.05) is 4.90 Å². The van der Waals surface area contributed by atoms with Crippen molar-refractivity contribution in [2.45, 2.75) is 31.2 Å². The summed E-state index contributed by atoms with van der Waals surface area (Å²) in [4.78, 5) is 6.41. The Morgan fingerprint density at radius 3 is 2.53 bits per heavy atom. The lowest BCUT2D eigenvalue weighted by molar-refractivity contribution is 0.352. The van der Waals surface area contributed by atoms with Crippen LogP contribution >= 0.6 is 0 Å². The van der Waals surface area contributed by atoms with Gasteiger partial charge in [-0.2, -0.15) is 0 Å². The van der Waals surface area contributed by atoms with Crippen molar-refractivity contribution in [3.63, 3.8) is 0 Å². The Labute approximate surface area is 112 Å². The number of pyridine rings is 1. The van der Waals surface area contributed by atoms with Gasteiger partial charge >= 0.3 is 0 Å². The molecule has 6 N–H and O–H groups in total. The van der Waals surface area contributed by atoms with E-state index in [9.17, 15) is 0 Å². The van der Waals surface area contributed by atoms with Crippen molar-refractivity contribution in [1.82, 2.24) is 4.98 Å². The normalized spacial score (nSPS) is 27.7. The second kappa shape index (κ2) is 4.77. The molecule has 5 nitrogen and oxygen atoms in total. The van der Waals surface area contributed by atoms with Gasteiger partial charge in [-0.3, -0.25) is 4.98 Å². The van der Waals surface area contributed by atoms with Crippen LogP contribution in [0.4, 0.5) is 5.69 Å². The average Bonchev–Trinajstić information content (AvgIpc) is 2.37. The fourth-order valence-corrected chi connectivity index (χ4v) is 2.79. The van der Waals surface area contributed by atoms with E-state index in [0.717, 1.165) is 29.4 Å². The Hall–Kier alpha value is -1.69. The van der Waals surface area contributed by atoms with Gasteiger partial charge in [-0.15, -0.1) is 0 Å². The number of benzene rings is 1. The lowest BCUT2D eigenvalue weighted by Gasteiger charge is -2.42. The number of hydrogen-bond acceptors (Lipinski definition) is 5. The van der Waals surface area contributed by atoms with Gasteiger partial charge < -0.3 is 22.1 Å². The first-order valence-electron chi connectivity index (χ1n) is 6.55. The summed E-state index contributed by atoms with van der Waals surface area (Å²) < 4.78 is 0. The fraction of sp³-hybridized carbons (Fsp3) is 0.357. The van der Waals surface area contributed by atoms with Crippen LogP contribution in [0.25, 0.3) is 10.9 Å². The maximum absolute atomic E-state index is 6.18. The first-order chi connectivity index (χ1) is 9.15. The van der Waals surface area contributed by atoms with Crippen LogP contribution in [-0.4, -0.2) is 23.4 Å². The standard InChI is InChI=1S/C14H19N5/c15-10-6-13(16)19(14(17)7-10)11-4-3-9-2-1-5-18-12(9)8-11/h1-5,8,10,13-14H,6-7,15-17H2. The fourth-order valence-electron chi connectivity index (χ4n) is 2.79. The molecule has 1 saturated heterocycles. The van der Waals surface area contributed by atoms with Crippen LogP contribution in [0.1, 0.15) is 12.8 Å². The molecule has 1 fully saturated rings. The first-order valence-corrected chi connectivity index (χ1v) is 6.55. The molecule has 2 unspecified atom stereocenters. The van der Waals surface area contributed by atoms with Crippen molar-refractivity contribution >= 4 is 16.6 Å². The van der Waals surface area contributed by atoms with Gasteiger partial charge in [-0.1, -0.05) is 12.1 Å². The molecular formula is C14H19N5. The predicted molar refractivity (Wildman–Crippen MR) is 77.4 cm³/mol. The number of fused-ring (bicyclic) bond motifs is 1. The molecule has 0 bridgehead atoms. The van der Waals surface area contributed by atoms with Crippen molar-refractivity contribution < 1.29 is 0 Å². The molecule has 0 radical (unpaired) electrons. The second-order valence-electron chi connectivity index (χ2n) is 5.15. The third kappa shape index (κ3) is 2.28. The SMILES string of the molecule is NC1CC(N)N(c2ccc3cccnc3c2)C(N)C1. The van der Waals surface area contributed by atoms with E-state index in [1.807, 2.05) is 35.2 Å². The molecule has 1 aromatic heterocycles. The summed E-state index contributed by atoms with van der Waals surface area (Å²) in [7, 11) is 0. The Morgan fingerprint density at radius 1 is 1.05 bits per heavy atom. The zero-order chi connectivity index (χ0) is 13.4. The summed E-state index contributed by atoms with van der Waals surface area (Å²) >= 11 is 0. The molecule has 0 saturated carbocycles. The molecule has 19 heavy (non-hydrogen) atoms. The van der Waals surface area contributed by atoms with Gasteiger partial charge in [0.05, 0.1) is 17.8 Å². The molecule has 1 aromatic carbocycles. The van der Waals surface area contributed by atoms with Gasteiger partial charge in [0.2, 0.25) is 0 Å². The van der Waals surface area contributed by atoms with E-state index in [-0.39, 0.29) is 18.4 Å². The highest BCUT2D eigenvalue weighted by Crippen LogP contribution is 2.27. The molecule has 1 aliphatic heterocycles. The van der Waals surface area contributed by atoms with E-state index in [1.165, 1.54) is 0 Å². The van der Waals surface area contributed by atoms with Crippen LogP contribution in [0.2, 0.25) is 0 Å². The number of anilines is 1. The summed E-state index contributed by atoms with van der Waals surface area (Å²) in [5.41, 5.74) is 20.3. The van der Waals surface area contributed by atoms with Crippen LogP contribution in [0.5, 0.6) is 0 Å². The minimum absolute atomic E-state index is 0.0832. The molecule has 2 heterocycles. The van der Waals surface area contributed by atoms with Gasteiger partial charge in [-0.25, -0.2) is 0 Å². The average molecular weight is 257 g/mol. The van der Waals surface area contributed by atoms with Crippen LogP contribution < -0.4 is 22.1 Å². The lowest BCUT2D eigenvalue weighted by atomic mass is 9.99. The molecule has 3 rings (SSSR count). The molecule has 0 aliphatic carbocycles. The first kappa shape index (κ1) is 12.3. The number of nitrogens with zero attached hydrogens (tertiary/aromatic N) is 2. The smallest absolute Gasteiger partial charge is 0.0801 e. The monoisotopic (exact) mass is 257 g/mol. The Kier molecular flexibility index (Phi) is 3.10. The summed E-state index contributed by atoms with van der Waals surface area (Å²) in [5, 5.41) is 1.11. The largest absolute Gasteiger partial charge is 0.341 e. The van der Waals surface area contributed by atoms with Crippen LogP contribution in [0, 0.1) is 0 Å². The number of nitrogens with two attached hydrogens (primary N) is 3. The minimum Gasteiger partial charge on any atom is -0.341 e. The van der Waals surface area contributed by atoms with Crippen molar-refractivity contribution in [3.05, 3.63) is 36.5 Å². The third-order valence-corrected chi connectivity index (χ3v) is 3.69. The van der Waals surface area contributed by atoms with Gasteiger partial charge in [0, 0.05) is 23.3 Å². The number of piperidine rings is 1. The number of hydrogen-bond donors (Lipinski definition) is 3. The molecule has 1 aliphatic rings. The maximum atomic E-state index is 6.18. The third-order valence-electron chi connectivity index (χ3n) is 3.69. The van der Waals surface area contributed by atoms with Crippen molar-refractivity contribution in [3.8, 4) is 0 Å². The van der Waals surface area contributed by atoms with E-state index >= 15 is 0 Å². The maximum Gasteiger partial charge on any atom is 0.0801 e. The summed E-state index contributed by atoms with van der Waals surface area (Å²) in [6.45, 7) is 0. The molecule has 0 spiro atoms. The van der Waals surface area contributed by atoms with E-state index < -0.39 is 0 Å².